The van der Waals surface area contributed by atoms with Crippen LogP contribution >= 0.6 is 0 Å². The van der Waals surface area contributed by atoms with Crippen molar-refractivity contribution in [3.8, 4) is 5.75 Å². The van der Waals surface area contributed by atoms with Crippen LogP contribution in [0.25, 0.3) is 0 Å². The zero-order chi connectivity index (χ0) is 16.1. The Morgan fingerprint density at radius 2 is 1.95 bits per heavy atom. The van der Waals surface area contributed by atoms with E-state index in [2.05, 4.69) is 10.4 Å². The molecule has 22 heavy (non-hydrogen) atoms. The first-order chi connectivity index (χ1) is 10.5. The second-order valence-corrected chi connectivity index (χ2v) is 4.44. The number of carbonyl (C=O) groups is 2. The standard InChI is InChI=1S/C15H17N3O4/c1-4-22-15(20)12-9-13(18(2)17-12)14(19)16-10-5-7-11(21-3)8-6-10/h5-9H,4H2,1-3H3,(H,16,19). The molecule has 7 heteroatoms. The van der Waals surface area contributed by atoms with Crippen LogP contribution in [0, 0.1) is 0 Å². The molecule has 0 saturated heterocycles. The van der Waals surface area contributed by atoms with Crippen LogP contribution in [0.5, 0.6) is 5.75 Å². The van der Waals surface area contributed by atoms with E-state index in [-0.39, 0.29) is 23.9 Å². The summed E-state index contributed by atoms with van der Waals surface area (Å²) in [7, 11) is 3.16. The van der Waals surface area contributed by atoms with Crippen LogP contribution in [0.1, 0.15) is 27.9 Å². The summed E-state index contributed by atoms with van der Waals surface area (Å²) in [5, 5.41) is 6.71. The molecule has 116 valence electrons. The van der Waals surface area contributed by atoms with Gasteiger partial charge in [-0.25, -0.2) is 4.79 Å². The molecule has 2 rings (SSSR count). The van der Waals surface area contributed by atoms with Crippen molar-refractivity contribution in [2.75, 3.05) is 19.0 Å². The molecule has 1 aromatic heterocycles. The van der Waals surface area contributed by atoms with Gasteiger partial charge in [0.1, 0.15) is 11.4 Å². The molecule has 0 aliphatic rings. The monoisotopic (exact) mass is 303 g/mol. The van der Waals surface area contributed by atoms with Crippen molar-refractivity contribution >= 4 is 17.6 Å². The molecule has 0 aliphatic carbocycles. The lowest BCUT2D eigenvalue weighted by atomic mass is 10.3. The van der Waals surface area contributed by atoms with Gasteiger partial charge in [-0.2, -0.15) is 5.10 Å². The summed E-state index contributed by atoms with van der Waals surface area (Å²) >= 11 is 0. The molecule has 1 aromatic carbocycles. The summed E-state index contributed by atoms with van der Waals surface area (Å²) in [6, 6.07) is 8.32. The minimum Gasteiger partial charge on any atom is -0.497 e. The maximum absolute atomic E-state index is 12.2. The lowest BCUT2D eigenvalue weighted by Crippen LogP contribution is -2.15. The quantitative estimate of drug-likeness (QED) is 0.852. The van der Waals surface area contributed by atoms with Gasteiger partial charge in [0.15, 0.2) is 5.69 Å². The number of nitrogens with one attached hydrogen (secondary N) is 1. The summed E-state index contributed by atoms with van der Waals surface area (Å²) < 4.78 is 11.3. The molecule has 0 aliphatic heterocycles. The first-order valence-electron chi connectivity index (χ1n) is 6.71. The van der Waals surface area contributed by atoms with Crippen molar-refractivity contribution in [1.29, 1.82) is 0 Å². The molecule has 0 spiro atoms. The van der Waals surface area contributed by atoms with E-state index in [9.17, 15) is 9.59 Å². The van der Waals surface area contributed by atoms with Crippen LogP contribution < -0.4 is 10.1 Å². The molecule has 1 heterocycles. The largest absolute Gasteiger partial charge is 0.497 e. The molecule has 1 amide bonds. The smallest absolute Gasteiger partial charge is 0.358 e. The maximum atomic E-state index is 12.2. The van der Waals surface area contributed by atoms with Gasteiger partial charge < -0.3 is 14.8 Å². The number of rotatable bonds is 5. The lowest BCUT2D eigenvalue weighted by Gasteiger charge is -2.06. The average Bonchev–Trinajstić information content (AvgIpc) is 2.90. The van der Waals surface area contributed by atoms with Crippen LogP contribution in [-0.4, -0.2) is 35.4 Å². The molecule has 0 unspecified atom stereocenters. The summed E-state index contributed by atoms with van der Waals surface area (Å²) in [6.07, 6.45) is 0. The predicted octanol–water partition coefficient (Wildman–Crippen LogP) is 1.86. The summed E-state index contributed by atoms with van der Waals surface area (Å²) in [5.41, 5.74) is 0.979. The molecule has 7 nitrogen and oxygen atoms in total. The fourth-order valence-electron chi connectivity index (χ4n) is 1.85. The Hall–Kier alpha value is -2.83. The van der Waals surface area contributed by atoms with Gasteiger partial charge in [0.05, 0.1) is 13.7 Å². The third kappa shape index (κ3) is 3.43. The van der Waals surface area contributed by atoms with Crippen molar-refractivity contribution in [2.24, 2.45) is 7.05 Å². The number of methoxy groups -OCH3 is 1. The molecule has 1 N–H and O–H groups in total. The first-order valence-corrected chi connectivity index (χ1v) is 6.71. The number of aryl methyl sites for hydroxylation is 1. The molecule has 2 aromatic rings. The number of anilines is 1. The van der Waals surface area contributed by atoms with E-state index in [1.807, 2.05) is 0 Å². The highest BCUT2D eigenvalue weighted by Crippen LogP contribution is 2.16. The van der Waals surface area contributed by atoms with E-state index in [0.717, 1.165) is 0 Å². The van der Waals surface area contributed by atoms with E-state index in [1.165, 1.54) is 10.7 Å². The van der Waals surface area contributed by atoms with Crippen LogP contribution in [0.2, 0.25) is 0 Å². The van der Waals surface area contributed by atoms with Gasteiger partial charge in [-0.15, -0.1) is 0 Å². The predicted molar refractivity (Wildman–Crippen MR) is 80.1 cm³/mol. The zero-order valence-corrected chi connectivity index (χ0v) is 12.6. The maximum Gasteiger partial charge on any atom is 0.358 e. The van der Waals surface area contributed by atoms with Crippen LogP contribution in [0.4, 0.5) is 5.69 Å². The fraction of sp³-hybridized carbons (Fsp3) is 0.267. The number of carbonyl (C=O) groups excluding carboxylic acids is 2. The second-order valence-electron chi connectivity index (χ2n) is 4.44. The van der Waals surface area contributed by atoms with Crippen molar-refractivity contribution in [3.05, 3.63) is 41.7 Å². The SMILES string of the molecule is CCOC(=O)c1cc(C(=O)Nc2ccc(OC)cc2)n(C)n1. The van der Waals surface area contributed by atoms with E-state index in [1.54, 1.807) is 45.3 Å². The summed E-state index contributed by atoms with van der Waals surface area (Å²) in [5.74, 6) is -0.222. The molecule has 0 radical (unpaired) electrons. The minimum atomic E-state index is -0.554. The molecule has 0 fully saturated rings. The summed E-state index contributed by atoms with van der Waals surface area (Å²) in [4.78, 5) is 23.8. The van der Waals surface area contributed by atoms with Crippen molar-refractivity contribution in [2.45, 2.75) is 6.92 Å². The Morgan fingerprint density at radius 1 is 1.27 bits per heavy atom. The number of benzene rings is 1. The molecule has 0 saturated carbocycles. The van der Waals surface area contributed by atoms with Gasteiger partial charge in [-0.1, -0.05) is 0 Å². The highest BCUT2D eigenvalue weighted by Gasteiger charge is 2.18. The number of amides is 1. The van der Waals surface area contributed by atoms with E-state index < -0.39 is 5.97 Å². The van der Waals surface area contributed by atoms with E-state index >= 15 is 0 Å². The number of nitrogens with zero attached hydrogens (tertiary/aromatic N) is 2. The van der Waals surface area contributed by atoms with Crippen LogP contribution in [0.15, 0.2) is 30.3 Å². The van der Waals surface area contributed by atoms with Gasteiger partial charge in [-0.3, -0.25) is 9.48 Å². The van der Waals surface area contributed by atoms with Gasteiger partial charge in [-0.05, 0) is 31.2 Å². The van der Waals surface area contributed by atoms with Crippen LogP contribution in [-0.2, 0) is 11.8 Å². The lowest BCUT2D eigenvalue weighted by molar-refractivity contribution is 0.0518. The van der Waals surface area contributed by atoms with Crippen LogP contribution in [0.3, 0.4) is 0 Å². The third-order valence-corrected chi connectivity index (χ3v) is 2.94. The number of hydrogen-bond acceptors (Lipinski definition) is 5. The number of ether oxygens (including phenoxy) is 2. The number of esters is 1. The van der Waals surface area contributed by atoms with Gasteiger partial charge in [0, 0.05) is 18.8 Å². The Labute approximate surface area is 127 Å². The number of hydrogen-bond donors (Lipinski definition) is 1. The average molecular weight is 303 g/mol. The Balaban J connectivity index is 2.13. The number of aromatic nitrogens is 2. The molecular formula is C15H17N3O4. The molecular weight excluding hydrogens is 286 g/mol. The van der Waals surface area contributed by atoms with Gasteiger partial charge in [0.25, 0.3) is 5.91 Å². The Morgan fingerprint density at radius 3 is 2.55 bits per heavy atom. The minimum absolute atomic E-state index is 0.101. The Bertz CT molecular complexity index is 677. The first kappa shape index (κ1) is 15.6. The molecule has 0 bridgehead atoms. The van der Waals surface area contributed by atoms with Gasteiger partial charge in [0.2, 0.25) is 0 Å². The highest BCUT2D eigenvalue weighted by molar-refractivity contribution is 6.04. The molecule has 0 atom stereocenters. The van der Waals surface area contributed by atoms with E-state index in [0.29, 0.717) is 11.4 Å². The van der Waals surface area contributed by atoms with Crippen molar-refractivity contribution < 1.29 is 19.1 Å². The topological polar surface area (TPSA) is 82.5 Å². The van der Waals surface area contributed by atoms with Gasteiger partial charge >= 0.3 is 5.97 Å². The highest BCUT2D eigenvalue weighted by atomic mass is 16.5. The third-order valence-electron chi connectivity index (χ3n) is 2.94. The fourth-order valence-corrected chi connectivity index (χ4v) is 1.85. The normalized spacial score (nSPS) is 10.1. The summed E-state index contributed by atoms with van der Waals surface area (Å²) in [6.45, 7) is 1.96. The Kier molecular flexibility index (Phi) is 4.77. The van der Waals surface area contributed by atoms with E-state index in [4.69, 9.17) is 9.47 Å². The zero-order valence-electron chi connectivity index (χ0n) is 12.6. The van der Waals surface area contributed by atoms with Crippen molar-refractivity contribution in [3.63, 3.8) is 0 Å². The second kappa shape index (κ2) is 6.75. The van der Waals surface area contributed by atoms with Crippen molar-refractivity contribution in [1.82, 2.24) is 9.78 Å².